The number of esters is 1. The Kier molecular flexibility index (Phi) is 8.69. The Bertz CT molecular complexity index is 1520. The van der Waals surface area contributed by atoms with Crippen molar-refractivity contribution in [1.29, 1.82) is 0 Å². The molecule has 0 saturated heterocycles. The lowest BCUT2D eigenvalue weighted by Crippen LogP contribution is -2.38. The first-order valence-electron chi connectivity index (χ1n) is 13.0. The predicted octanol–water partition coefficient (Wildman–Crippen LogP) is 5.12. The summed E-state index contributed by atoms with van der Waals surface area (Å²) in [4.78, 5) is 37.5. The van der Waals surface area contributed by atoms with E-state index in [9.17, 15) is 9.59 Å². The Morgan fingerprint density at radius 1 is 0.976 bits per heavy atom. The van der Waals surface area contributed by atoms with Gasteiger partial charge in [-0.15, -0.1) is 0 Å². The van der Waals surface area contributed by atoms with Gasteiger partial charge in [-0.05, 0) is 41.7 Å². The predicted molar refractivity (Wildman–Crippen MR) is 157 cm³/mol. The highest BCUT2D eigenvalue weighted by Crippen LogP contribution is 2.48. The van der Waals surface area contributed by atoms with E-state index in [2.05, 4.69) is 10.3 Å². The van der Waals surface area contributed by atoms with Crippen LogP contribution in [0.15, 0.2) is 100 Å². The van der Waals surface area contributed by atoms with E-state index in [-0.39, 0.29) is 18.9 Å². The molecule has 0 bridgehead atoms. The Morgan fingerprint density at radius 2 is 1.76 bits per heavy atom. The molecule has 2 aliphatic rings. The molecule has 1 atom stereocenters. The molecule has 5 rings (SSSR count). The van der Waals surface area contributed by atoms with E-state index >= 15 is 0 Å². The fraction of sp³-hybridized carbons (Fsp3) is 0.226. The maximum atomic E-state index is 13.7. The van der Waals surface area contributed by atoms with Crippen molar-refractivity contribution in [2.24, 2.45) is 4.99 Å². The summed E-state index contributed by atoms with van der Waals surface area (Å²) in [6.07, 6.45) is 3.46. The number of pyridine rings is 1. The fourth-order valence-electron chi connectivity index (χ4n) is 4.78. The maximum Gasteiger partial charge on any atom is 0.338 e. The molecule has 0 unspecified atom stereocenters. The van der Waals surface area contributed by atoms with Crippen LogP contribution in [0.3, 0.4) is 0 Å². The Hall–Kier alpha value is -4.57. The number of amides is 1. The number of para-hydroxylation sites is 1. The number of carbonyl (C=O) groups excluding carboxylic acids is 2. The van der Waals surface area contributed by atoms with Gasteiger partial charge in [0, 0.05) is 30.2 Å². The number of methoxy groups -OCH3 is 2. The van der Waals surface area contributed by atoms with Gasteiger partial charge in [0.15, 0.2) is 16.7 Å². The number of hydrogen-bond acceptors (Lipinski definition) is 9. The van der Waals surface area contributed by atoms with Crippen LogP contribution >= 0.6 is 11.8 Å². The zero-order valence-electron chi connectivity index (χ0n) is 23.0. The molecule has 210 valence electrons. The van der Waals surface area contributed by atoms with Crippen LogP contribution < -0.4 is 14.8 Å². The van der Waals surface area contributed by atoms with Crippen molar-refractivity contribution in [2.45, 2.75) is 32.5 Å². The zero-order valence-corrected chi connectivity index (χ0v) is 23.8. The van der Waals surface area contributed by atoms with Crippen molar-refractivity contribution >= 4 is 28.8 Å². The van der Waals surface area contributed by atoms with Gasteiger partial charge in [0.2, 0.25) is 5.91 Å². The van der Waals surface area contributed by atoms with Gasteiger partial charge in [-0.2, -0.15) is 0 Å². The number of aliphatic imine (C=N–C) groups is 1. The number of nitrogens with one attached hydrogen (secondary N) is 1. The first kappa shape index (κ1) is 28.0. The van der Waals surface area contributed by atoms with Crippen molar-refractivity contribution < 1.29 is 23.8 Å². The third kappa shape index (κ3) is 6.12. The van der Waals surface area contributed by atoms with Gasteiger partial charge in [-0.1, -0.05) is 54.2 Å². The highest BCUT2D eigenvalue weighted by Gasteiger charge is 2.42. The number of carbonyl (C=O) groups is 2. The second kappa shape index (κ2) is 12.7. The number of nitrogens with zero attached hydrogens (tertiary/aromatic N) is 3. The van der Waals surface area contributed by atoms with E-state index in [1.165, 1.54) is 11.8 Å². The second-order valence-corrected chi connectivity index (χ2v) is 10.2. The molecular formula is C31H30N4O5S. The number of ether oxygens (including phenoxy) is 3. The molecule has 41 heavy (non-hydrogen) atoms. The molecule has 0 aliphatic carbocycles. The highest BCUT2D eigenvalue weighted by atomic mass is 32.2. The number of aromatic nitrogens is 1. The quantitative estimate of drug-likeness (QED) is 0.335. The summed E-state index contributed by atoms with van der Waals surface area (Å²) in [7, 11) is 3.13. The molecule has 1 N–H and O–H groups in total. The minimum Gasteiger partial charge on any atom is -0.493 e. The lowest BCUT2D eigenvalue weighted by Gasteiger charge is -2.37. The van der Waals surface area contributed by atoms with E-state index < -0.39 is 12.0 Å². The third-order valence-electron chi connectivity index (χ3n) is 6.74. The highest BCUT2D eigenvalue weighted by molar-refractivity contribution is 8.16. The van der Waals surface area contributed by atoms with E-state index in [1.54, 1.807) is 39.6 Å². The average molecular weight is 571 g/mol. The van der Waals surface area contributed by atoms with Crippen molar-refractivity contribution in [1.82, 2.24) is 15.2 Å². The van der Waals surface area contributed by atoms with Gasteiger partial charge in [0.05, 0.1) is 38.0 Å². The van der Waals surface area contributed by atoms with Gasteiger partial charge in [-0.3, -0.25) is 9.78 Å². The van der Waals surface area contributed by atoms with Crippen molar-refractivity contribution in [3.8, 4) is 11.5 Å². The molecule has 0 fully saturated rings. The molecule has 9 nitrogen and oxygen atoms in total. The molecule has 0 spiro atoms. The summed E-state index contributed by atoms with van der Waals surface area (Å²) in [5, 5.41) is 5.53. The van der Waals surface area contributed by atoms with Crippen LogP contribution in [0.4, 0.5) is 0 Å². The molecular weight excluding hydrogens is 540 g/mol. The summed E-state index contributed by atoms with van der Waals surface area (Å²) >= 11 is 1.41. The minimum absolute atomic E-state index is 0.0886. The monoisotopic (exact) mass is 570 g/mol. The van der Waals surface area contributed by atoms with Crippen LogP contribution in [-0.2, 0) is 27.5 Å². The first-order chi connectivity index (χ1) is 20.0. The largest absolute Gasteiger partial charge is 0.493 e. The summed E-state index contributed by atoms with van der Waals surface area (Å²) in [6.45, 7) is 2.29. The van der Waals surface area contributed by atoms with Crippen LogP contribution in [0.5, 0.6) is 11.5 Å². The number of allylic oxidation sites excluding steroid dienone is 1. The first-order valence-corrected chi connectivity index (χ1v) is 13.9. The Morgan fingerprint density at radius 3 is 2.49 bits per heavy atom. The SMILES string of the molecule is COc1cccc([C@@H]2C(C(=O)OCc3ccccc3)=C(C)N=C3SC=C(CC(=O)NCc4ccncc4)N32)c1OC. The molecule has 2 aliphatic heterocycles. The van der Waals surface area contributed by atoms with Gasteiger partial charge in [0.1, 0.15) is 6.61 Å². The van der Waals surface area contributed by atoms with Crippen LogP contribution in [0.2, 0.25) is 0 Å². The van der Waals surface area contributed by atoms with Crippen molar-refractivity contribution in [2.75, 3.05) is 14.2 Å². The van der Waals surface area contributed by atoms with Gasteiger partial charge < -0.3 is 24.4 Å². The average Bonchev–Trinajstić information content (AvgIpc) is 3.40. The molecule has 2 aromatic carbocycles. The molecule has 0 radical (unpaired) electrons. The third-order valence-corrected chi connectivity index (χ3v) is 7.63. The van der Waals surface area contributed by atoms with Gasteiger partial charge in [-0.25, -0.2) is 9.79 Å². The van der Waals surface area contributed by atoms with Gasteiger partial charge in [0.25, 0.3) is 0 Å². The standard InChI is InChI=1S/C31H30N4O5S/c1-20-27(30(37)40-18-22-8-5-4-6-9-22)28(24-10-7-11-25(38-2)29(24)39-3)35-23(19-41-31(35)34-20)16-26(36)33-17-21-12-14-32-15-13-21/h4-15,19,28H,16-18H2,1-3H3,(H,33,36)/t28-/m1/s1. The van der Waals surface area contributed by atoms with Crippen LogP contribution in [-0.4, -0.2) is 41.1 Å². The molecule has 1 aromatic heterocycles. The maximum absolute atomic E-state index is 13.7. The smallest absolute Gasteiger partial charge is 0.338 e. The van der Waals surface area contributed by atoms with Crippen LogP contribution in [0, 0.1) is 0 Å². The van der Waals surface area contributed by atoms with E-state index in [4.69, 9.17) is 19.2 Å². The summed E-state index contributed by atoms with van der Waals surface area (Å²) < 4.78 is 17.2. The molecule has 10 heteroatoms. The van der Waals surface area contributed by atoms with E-state index in [1.807, 2.05) is 64.9 Å². The normalized spacial score (nSPS) is 16.0. The number of thioether (sulfide) groups is 1. The zero-order chi connectivity index (χ0) is 28.8. The molecule has 0 saturated carbocycles. The van der Waals surface area contributed by atoms with E-state index in [0.29, 0.717) is 45.7 Å². The summed E-state index contributed by atoms with van der Waals surface area (Å²) in [5.41, 5.74) is 4.12. The topological polar surface area (TPSA) is 102 Å². The lowest BCUT2D eigenvalue weighted by atomic mass is 9.92. The molecule has 3 aromatic rings. The molecule has 1 amide bonds. The molecule has 3 heterocycles. The summed E-state index contributed by atoms with van der Waals surface area (Å²) in [6, 6.07) is 18.1. The number of amidine groups is 1. The number of hydrogen-bond donors (Lipinski definition) is 1. The van der Waals surface area contributed by atoms with Crippen molar-refractivity contribution in [3.05, 3.63) is 112 Å². The fourth-order valence-corrected chi connectivity index (χ4v) is 5.75. The lowest BCUT2D eigenvalue weighted by molar-refractivity contribution is -0.141. The van der Waals surface area contributed by atoms with Crippen LogP contribution in [0.25, 0.3) is 0 Å². The Labute approximate surface area is 242 Å². The minimum atomic E-state index is -0.662. The number of benzene rings is 2. The second-order valence-electron chi connectivity index (χ2n) is 9.35. The Balaban J connectivity index is 1.47. The van der Waals surface area contributed by atoms with Crippen molar-refractivity contribution in [3.63, 3.8) is 0 Å². The van der Waals surface area contributed by atoms with E-state index in [0.717, 1.165) is 11.1 Å². The van der Waals surface area contributed by atoms with Crippen LogP contribution in [0.1, 0.15) is 36.1 Å². The van der Waals surface area contributed by atoms with Gasteiger partial charge >= 0.3 is 5.97 Å². The number of rotatable bonds is 10. The number of fused-ring (bicyclic) bond motifs is 1. The summed E-state index contributed by atoms with van der Waals surface area (Å²) in [5.74, 6) is 0.352.